The van der Waals surface area contributed by atoms with Crippen LogP contribution < -0.4 is 0 Å². The van der Waals surface area contributed by atoms with E-state index in [-0.39, 0.29) is 25.9 Å². The maximum Gasteiger partial charge on any atom is 0.335 e. The maximum absolute atomic E-state index is 13.1. The summed E-state index contributed by atoms with van der Waals surface area (Å²) in [7, 11) is 0. The van der Waals surface area contributed by atoms with Crippen molar-refractivity contribution < 1.29 is 58.2 Å². The van der Waals surface area contributed by atoms with Crippen molar-refractivity contribution >= 4 is 23.9 Å². The van der Waals surface area contributed by atoms with Crippen molar-refractivity contribution in [3.05, 3.63) is 48.6 Å². The summed E-state index contributed by atoms with van der Waals surface area (Å²) in [5.74, 6) is -3.14. The summed E-state index contributed by atoms with van der Waals surface area (Å²) in [6, 6.07) is 0. The molecule has 0 spiro atoms. The molecule has 0 aromatic heterocycles. The van der Waals surface area contributed by atoms with Crippen LogP contribution in [0.3, 0.4) is 0 Å². The molecule has 0 aromatic carbocycles. The number of hydrogen-bond donors (Lipinski definition) is 3. The van der Waals surface area contributed by atoms with Gasteiger partial charge in [0.25, 0.3) is 0 Å². The molecule has 6 atom stereocenters. The van der Waals surface area contributed by atoms with Crippen LogP contribution in [0.1, 0.15) is 252 Å². The molecule has 1 rings (SSSR count). The Bertz CT molecular complexity index is 1420. The maximum atomic E-state index is 13.1. The quantitative estimate of drug-likeness (QED) is 0.0228. The molecule has 12 heteroatoms. The molecule has 0 amide bonds. The molecular weight excluding hydrogens is 901 g/mol. The van der Waals surface area contributed by atoms with E-state index in [2.05, 4.69) is 69.4 Å². The average molecular weight is 1000 g/mol. The summed E-state index contributed by atoms with van der Waals surface area (Å²) in [4.78, 5) is 51.0. The number of ether oxygens (including phenoxy) is 5. The Labute approximate surface area is 431 Å². The van der Waals surface area contributed by atoms with Gasteiger partial charge >= 0.3 is 23.9 Å². The molecule has 0 radical (unpaired) electrons. The van der Waals surface area contributed by atoms with Crippen LogP contribution >= 0.6 is 0 Å². The molecule has 410 valence electrons. The fraction of sp³-hybridized carbons (Fsp3) is 0.797. The first-order valence-electron chi connectivity index (χ1n) is 28.6. The minimum absolute atomic E-state index is 0.0616. The predicted octanol–water partition coefficient (Wildman–Crippen LogP) is 14.2. The highest BCUT2D eigenvalue weighted by Crippen LogP contribution is 2.26. The molecule has 1 saturated heterocycles. The first kappa shape index (κ1) is 65.7. The number of aliphatic hydroxyl groups excluding tert-OH is 2. The van der Waals surface area contributed by atoms with Gasteiger partial charge < -0.3 is 39.0 Å². The summed E-state index contributed by atoms with van der Waals surface area (Å²) in [6.07, 6.45) is 43.7. The minimum atomic E-state index is -1.90. The number of allylic oxidation sites excluding steroid dienone is 8. The van der Waals surface area contributed by atoms with Crippen molar-refractivity contribution in [1.29, 1.82) is 0 Å². The van der Waals surface area contributed by atoms with Crippen LogP contribution in [0.25, 0.3) is 0 Å². The van der Waals surface area contributed by atoms with Gasteiger partial charge in [0.1, 0.15) is 18.8 Å². The van der Waals surface area contributed by atoms with E-state index < -0.39 is 67.3 Å². The van der Waals surface area contributed by atoms with Crippen LogP contribution in [0.5, 0.6) is 0 Å². The SMILES string of the molecule is CC/C=C\C/C=C\C/C=C\CCCCCCCC(=O)OCC(COC1OC(C(=O)O)C(O)C(O)C1OC(=O)CCCCCCCCCCCCCCCCC)OC(=O)CCCCCCC/C=C\CCCC. The van der Waals surface area contributed by atoms with Gasteiger partial charge in [-0.3, -0.25) is 14.4 Å². The zero-order chi connectivity index (χ0) is 51.8. The normalized spacial score (nSPS) is 18.8. The largest absolute Gasteiger partial charge is 0.479 e. The fourth-order valence-corrected chi connectivity index (χ4v) is 8.48. The first-order chi connectivity index (χ1) is 34.6. The van der Waals surface area contributed by atoms with Crippen molar-refractivity contribution in [2.45, 2.75) is 289 Å². The lowest BCUT2D eigenvalue weighted by Gasteiger charge is -2.40. The molecule has 3 N–H and O–H groups in total. The van der Waals surface area contributed by atoms with Crippen LogP contribution in [0.4, 0.5) is 0 Å². The van der Waals surface area contributed by atoms with Crippen molar-refractivity contribution in [3.8, 4) is 0 Å². The van der Waals surface area contributed by atoms with E-state index in [9.17, 15) is 34.5 Å². The summed E-state index contributed by atoms with van der Waals surface area (Å²) >= 11 is 0. The van der Waals surface area contributed by atoms with Crippen LogP contribution in [-0.4, -0.2) is 89.2 Å². The minimum Gasteiger partial charge on any atom is -0.479 e. The molecule has 6 unspecified atom stereocenters. The van der Waals surface area contributed by atoms with Gasteiger partial charge in [0.2, 0.25) is 0 Å². The van der Waals surface area contributed by atoms with Gasteiger partial charge in [0.05, 0.1) is 6.61 Å². The van der Waals surface area contributed by atoms with E-state index in [0.29, 0.717) is 19.3 Å². The highest BCUT2D eigenvalue weighted by atomic mass is 16.7. The lowest BCUT2D eigenvalue weighted by Crippen LogP contribution is -2.61. The first-order valence-corrected chi connectivity index (χ1v) is 28.6. The second kappa shape index (κ2) is 47.7. The number of aliphatic carboxylic acids is 1. The molecule has 1 fully saturated rings. The standard InChI is InChI=1S/C59H102O12/c1-4-7-10-13-16-19-22-24-26-28-31-33-36-39-42-45-51(60)67-48-50(69-52(61)46-43-40-37-34-30-21-18-15-12-9-6-3)49-68-59-57(55(64)54(63)56(71-59)58(65)66)70-53(62)47-44-41-38-35-32-29-27-25-23-20-17-14-11-8-5-2/h7,10,15-16,18-19,24,26,50,54-57,59,63-64H,4-6,8-9,11-14,17,20-23,25,27-49H2,1-3H3,(H,65,66)/b10-7-,18-15-,19-16-,26-24-. The van der Waals surface area contributed by atoms with E-state index in [0.717, 1.165) is 116 Å². The number of carbonyl (C=O) groups is 4. The van der Waals surface area contributed by atoms with Gasteiger partial charge in [0, 0.05) is 19.3 Å². The Morgan fingerprint density at radius 2 is 0.901 bits per heavy atom. The fourth-order valence-electron chi connectivity index (χ4n) is 8.48. The van der Waals surface area contributed by atoms with Crippen LogP contribution in [0.15, 0.2) is 48.6 Å². The van der Waals surface area contributed by atoms with Crippen molar-refractivity contribution in [1.82, 2.24) is 0 Å². The Kier molecular flexibility index (Phi) is 44.1. The Morgan fingerprint density at radius 1 is 0.479 bits per heavy atom. The third-order valence-corrected chi connectivity index (χ3v) is 12.9. The number of carboxylic acid groups (broad SMARTS) is 1. The monoisotopic (exact) mass is 1000 g/mol. The van der Waals surface area contributed by atoms with E-state index in [4.69, 9.17) is 23.7 Å². The molecule has 0 saturated carbocycles. The van der Waals surface area contributed by atoms with Crippen molar-refractivity contribution in [2.75, 3.05) is 13.2 Å². The van der Waals surface area contributed by atoms with Gasteiger partial charge in [-0.25, -0.2) is 4.79 Å². The second-order valence-corrected chi connectivity index (χ2v) is 19.5. The number of carboxylic acids is 1. The summed E-state index contributed by atoms with van der Waals surface area (Å²) in [6.45, 7) is 5.82. The molecule has 71 heavy (non-hydrogen) atoms. The number of esters is 3. The smallest absolute Gasteiger partial charge is 0.335 e. The van der Waals surface area contributed by atoms with E-state index >= 15 is 0 Å². The van der Waals surface area contributed by atoms with E-state index in [1.807, 2.05) is 0 Å². The van der Waals surface area contributed by atoms with Gasteiger partial charge in [0.15, 0.2) is 24.6 Å². The topological polar surface area (TPSA) is 175 Å². The molecule has 1 aliphatic heterocycles. The zero-order valence-corrected chi connectivity index (χ0v) is 45.0. The average Bonchev–Trinajstić information content (AvgIpc) is 3.35. The van der Waals surface area contributed by atoms with Gasteiger partial charge in [-0.15, -0.1) is 0 Å². The van der Waals surface area contributed by atoms with Gasteiger partial charge in [-0.1, -0.05) is 211 Å². The summed E-state index contributed by atoms with van der Waals surface area (Å²) < 4.78 is 28.4. The van der Waals surface area contributed by atoms with Gasteiger partial charge in [-0.2, -0.15) is 0 Å². The number of carbonyl (C=O) groups excluding carboxylic acids is 3. The predicted molar refractivity (Wildman–Crippen MR) is 285 cm³/mol. The third kappa shape index (κ3) is 38.0. The number of hydrogen-bond acceptors (Lipinski definition) is 11. The summed E-state index contributed by atoms with van der Waals surface area (Å²) in [5.41, 5.74) is 0. The molecule has 1 aliphatic rings. The Hall–Kier alpha value is -3.32. The lowest BCUT2D eigenvalue weighted by atomic mass is 9.98. The van der Waals surface area contributed by atoms with Gasteiger partial charge in [-0.05, 0) is 70.6 Å². The Balaban J connectivity index is 2.69. The van der Waals surface area contributed by atoms with Crippen LogP contribution in [0.2, 0.25) is 0 Å². The van der Waals surface area contributed by atoms with E-state index in [1.165, 1.54) is 77.0 Å². The van der Waals surface area contributed by atoms with Crippen molar-refractivity contribution in [2.24, 2.45) is 0 Å². The highest BCUT2D eigenvalue weighted by molar-refractivity contribution is 5.74. The van der Waals surface area contributed by atoms with Crippen LogP contribution in [0, 0.1) is 0 Å². The molecule has 12 nitrogen and oxygen atoms in total. The third-order valence-electron chi connectivity index (χ3n) is 12.9. The lowest BCUT2D eigenvalue weighted by molar-refractivity contribution is -0.301. The molecule has 0 bridgehead atoms. The summed E-state index contributed by atoms with van der Waals surface area (Å²) in [5, 5.41) is 31.4. The Morgan fingerprint density at radius 3 is 1.41 bits per heavy atom. The molecule has 0 aliphatic carbocycles. The van der Waals surface area contributed by atoms with E-state index in [1.54, 1.807) is 0 Å². The van der Waals surface area contributed by atoms with Crippen molar-refractivity contribution in [3.63, 3.8) is 0 Å². The number of unbranched alkanes of at least 4 members (excludes halogenated alkanes) is 26. The second-order valence-electron chi connectivity index (χ2n) is 19.5. The van der Waals surface area contributed by atoms with Crippen LogP contribution in [-0.2, 0) is 42.9 Å². The molecule has 0 aromatic rings. The zero-order valence-electron chi connectivity index (χ0n) is 45.0. The number of aliphatic hydroxyl groups is 2. The molecular formula is C59H102O12. The number of rotatable bonds is 48. The highest BCUT2D eigenvalue weighted by Gasteiger charge is 2.50. The molecule has 1 heterocycles.